The first kappa shape index (κ1) is 15.0. The Kier molecular flexibility index (Phi) is 3.90. The van der Waals surface area contributed by atoms with Gasteiger partial charge in [-0.05, 0) is 17.7 Å². The zero-order valence-electron chi connectivity index (χ0n) is 12.0. The number of hydrogen-bond acceptors (Lipinski definition) is 6. The maximum Gasteiger partial charge on any atom is 0.176 e. The lowest BCUT2D eigenvalue weighted by Crippen LogP contribution is -2.57. The highest BCUT2D eigenvalue weighted by Gasteiger charge is 2.51. The van der Waals surface area contributed by atoms with Gasteiger partial charge in [0.15, 0.2) is 5.78 Å². The number of aliphatic hydroxyl groups is 2. The maximum absolute atomic E-state index is 12.7. The van der Waals surface area contributed by atoms with E-state index in [1.807, 2.05) is 0 Å². The lowest BCUT2D eigenvalue weighted by molar-refractivity contribution is -0.172. The van der Waals surface area contributed by atoms with Crippen molar-refractivity contribution in [1.29, 1.82) is 0 Å². The second-order valence-electron chi connectivity index (χ2n) is 5.64. The molecule has 6 heteroatoms. The molecular weight excluding hydrogens is 288 g/mol. The number of aliphatic hydroxyl groups excluding tert-OH is 2. The van der Waals surface area contributed by atoms with Crippen LogP contribution in [0.15, 0.2) is 30.5 Å². The van der Waals surface area contributed by atoms with Crippen LogP contribution in [0, 0.1) is 5.92 Å². The Bertz CT molecular complexity index is 593. The Morgan fingerprint density at radius 3 is 2.50 bits per heavy atom. The quantitative estimate of drug-likeness (QED) is 0.734. The van der Waals surface area contributed by atoms with E-state index in [-0.39, 0.29) is 18.0 Å². The van der Waals surface area contributed by atoms with Crippen molar-refractivity contribution in [3.8, 4) is 5.75 Å². The Morgan fingerprint density at radius 2 is 1.86 bits per heavy atom. The summed E-state index contributed by atoms with van der Waals surface area (Å²) in [4.78, 5) is 12.7. The first-order chi connectivity index (χ1) is 10.5. The molecule has 22 heavy (non-hydrogen) atoms. The molecule has 1 heterocycles. The second-order valence-corrected chi connectivity index (χ2v) is 5.64. The molecule has 3 rings (SSSR count). The zero-order valence-corrected chi connectivity index (χ0v) is 12.0. The Morgan fingerprint density at radius 1 is 1.18 bits per heavy atom. The van der Waals surface area contributed by atoms with Crippen LogP contribution in [0.4, 0.5) is 0 Å². The molecular formula is C16H18O6. The van der Waals surface area contributed by atoms with E-state index in [9.17, 15) is 20.1 Å². The van der Waals surface area contributed by atoms with Gasteiger partial charge in [-0.2, -0.15) is 0 Å². The van der Waals surface area contributed by atoms with Crippen molar-refractivity contribution < 1.29 is 29.6 Å². The molecule has 3 N–H and O–H groups in total. The van der Waals surface area contributed by atoms with E-state index in [2.05, 4.69) is 0 Å². The standard InChI is InChI=1S/C16H18O6/c1-21-15-12(19)6-11(18)13-14(20)10(7-22-16(13)15)8-2-4-9(17)5-3-8/h2-5,7,11-13,15-19H,6H2,1H3. The van der Waals surface area contributed by atoms with Crippen LogP contribution in [0.1, 0.15) is 12.0 Å². The summed E-state index contributed by atoms with van der Waals surface area (Å²) in [5.74, 6) is -0.919. The largest absolute Gasteiger partial charge is 0.508 e. The van der Waals surface area contributed by atoms with Gasteiger partial charge in [0, 0.05) is 13.5 Å². The molecule has 0 saturated heterocycles. The third-order valence-corrected chi connectivity index (χ3v) is 4.32. The number of methoxy groups -OCH3 is 1. The first-order valence-electron chi connectivity index (χ1n) is 7.11. The molecule has 1 aliphatic carbocycles. The normalized spacial score (nSPS) is 34.6. The van der Waals surface area contributed by atoms with Gasteiger partial charge < -0.3 is 24.8 Å². The average Bonchev–Trinajstić information content (AvgIpc) is 2.48. The molecule has 1 fully saturated rings. The van der Waals surface area contributed by atoms with Crippen LogP contribution in [0.2, 0.25) is 0 Å². The van der Waals surface area contributed by atoms with Gasteiger partial charge in [0.1, 0.15) is 18.0 Å². The predicted molar refractivity (Wildman–Crippen MR) is 76.9 cm³/mol. The Labute approximate surface area is 127 Å². The van der Waals surface area contributed by atoms with E-state index < -0.39 is 30.3 Å². The number of ketones is 1. The fourth-order valence-corrected chi connectivity index (χ4v) is 3.18. The van der Waals surface area contributed by atoms with E-state index in [0.29, 0.717) is 11.1 Å². The summed E-state index contributed by atoms with van der Waals surface area (Å²) in [5, 5.41) is 29.5. The number of phenols is 1. The number of Topliss-reactive ketones (excluding diaryl/α,β-unsaturated/α-hetero) is 1. The van der Waals surface area contributed by atoms with Crippen molar-refractivity contribution in [1.82, 2.24) is 0 Å². The van der Waals surface area contributed by atoms with E-state index in [4.69, 9.17) is 9.47 Å². The number of phenolic OH excluding ortho intramolecular Hbond substituents is 1. The minimum Gasteiger partial charge on any atom is -0.508 e. The van der Waals surface area contributed by atoms with Crippen molar-refractivity contribution in [3.63, 3.8) is 0 Å². The minimum atomic E-state index is -0.986. The summed E-state index contributed by atoms with van der Waals surface area (Å²) in [6, 6.07) is 6.18. The summed E-state index contributed by atoms with van der Waals surface area (Å²) in [6.45, 7) is 0. The number of rotatable bonds is 2. The van der Waals surface area contributed by atoms with Crippen LogP contribution in [0.5, 0.6) is 5.75 Å². The van der Waals surface area contributed by atoms with Crippen LogP contribution in [0.25, 0.3) is 5.57 Å². The molecule has 5 unspecified atom stereocenters. The fraction of sp³-hybridized carbons (Fsp3) is 0.438. The number of carbonyl (C=O) groups excluding carboxylic acids is 1. The molecule has 0 bridgehead atoms. The Hall–Kier alpha value is -1.89. The number of allylic oxidation sites excluding steroid dienone is 1. The molecule has 1 aromatic carbocycles. The molecule has 1 saturated carbocycles. The van der Waals surface area contributed by atoms with Crippen molar-refractivity contribution >= 4 is 11.4 Å². The number of fused-ring (bicyclic) bond motifs is 1. The molecule has 2 aliphatic rings. The van der Waals surface area contributed by atoms with Gasteiger partial charge >= 0.3 is 0 Å². The molecule has 0 radical (unpaired) electrons. The molecule has 1 aliphatic heterocycles. The van der Waals surface area contributed by atoms with Gasteiger partial charge in [-0.25, -0.2) is 0 Å². The van der Waals surface area contributed by atoms with Gasteiger partial charge in [-0.1, -0.05) is 12.1 Å². The monoisotopic (exact) mass is 306 g/mol. The van der Waals surface area contributed by atoms with Crippen LogP contribution >= 0.6 is 0 Å². The van der Waals surface area contributed by atoms with Gasteiger partial charge in [0.05, 0.1) is 30.0 Å². The number of hydrogen-bond donors (Lipinski definition) is 3. The molecule has 6 nitrogen and oxygen atoms in total. The lowest BCUT2D eigenvalue weighted by Gasteiger charge is -2.43. The highest BCUT2D eigenvalue weighted by Crippen LogP contribution is 2.37. The molecule has 0 spiro atoms. The highest BCUT2D eigenvalue weighted by molar-refractivity contribution is 6.22. The SMILES string of the molecule is COC1C(O)CC(O)C2C(=O)C(c3ccc(O)cc3)=COC12. The third-order valence-electron chi connectivity index (χ3n) is 4.32. The summed E-state index contributed by atoms with van der Waals surface area (Å²) in [5.41, 5.74) is 0.945. The van der Waals surface area contributed by atoms with E-state index in [0.717, 1.165) is 0 Å². The molecule has 0 aromatic heterocycles. The van der Waals surface area contributed by atoms with Crippen LogP contribution in [-0.2, 0) is 14.3 Å². The van der Waals surface area contributed by atoms with E-state index >= 15 is 0 Å². The fourth-order valence-electron chi connectivity index (χ4n) is 3.18. The van der Waals surface area contributed by atoms with Crippen molar-refractivity contribution in [2.24, 2.45) is 5.92 Å². The van der Waals surface area contributed by atoms with Gasteiger partial charge in [0.25, 0.3) is 0 Å². The smallest absolute Gasteiger partial charge is 0.176 e. The molecule has 5 atom stereocenters. The molecule has 0 amide bonds. The van der Waals surface area contributed by atoms with Gasteiger partial charge in [0.2, 0.25) is 0 Å². The Balaban J connectivity index is 1.94. The summed E-state index contributed by atoms with van der Waals surface area (Å²) in [6.07, 6.45) is -1.82. The molecule has 1 aromatic rings. The summed E-state index contributed by atoms with van der Waals surface area (Å²) in [7, 11) is 1.44. The second kappa shape index (κ2) is 5.72. The van der Waals surface area contributed by atoms with E-state index in [1.54, 1.807) is 12.1 Å². The zero-order chi connectivity index (χ0) is 15.9. The van der Waals surface area contributed by atoms with Crippen LogP contribution in [0.3, 0.4) is 0 Å². The van der Waals surface area contributed by atoms with E-state index in [1.165, 1.54) is 25.5 Å². The van der Waals surface area contributed by atoms with Crippen LogP contribution < -0.4 is 0 Å². The number of ether oxygens (including phenoxy) is 2. The van der Waals surface area contributed by atoms with Crippen molar-refractivity contribution in [2.75, 3.05) is 7.11 Å². The third kappa shape index (κ3) is 2.39. The van der Waals surface area contributed by atoms with Gasteiger partial charge in [-0.15, -0.1) is 0 Å². The summed E-state index contributed by atoms with van der Waals surface area (Å²) < 4.78 is 10.8. The van der Waals surface area contributed by atoms with Gasteiger partial charge in [-0.3, -0.25) is 4.79 Å². The topological polar surface area (TPSA) is 96.2 Å². The van der Waals surface area contributed by atoms with Crippen molar-refractivity contribution in [2.45, 2.75) is 30.8 Å². The number of carbonyl (C=O) groups is 1. The lowest BCUT2D eigenvalue weighted by atomic mass is 9.74. The number of benzene rings is 1. The number of aromatic hydroxyl groups is 1. The maximum atomic E-state index is 12.7. The minimum absolute atomic E-state index is 0.0671. The average molecular weight is 306 g/mol. The highest BCUT2D eigenvalue weighted by atomic mass is 16.5. The summed E-state index contributed by atoms with van der Waals surface area (Å²) >= 11 is 0. The molecule has 118 valence electrons. The van der Waals surface area contributed by atoms with Crippen LogP contribution in [-0.4, -0.2) is 52.6 Å². The predicted octanol–water partition coefficient (Wildman–Crippen LogP) is 0.458. The first-order valence-corrected chi connectivity index (χ1v) is 7.11. The van der Waals surface area contributed by atoms with Crippen molar-refractivity contribution in [3.05, 3.63) is 36.1 Å².